The molecule has 2 heterocycles. The third-order valence-corrected chi connectivity index (χ3v) is 4.55. The molecule has 2 atom stereocenters. The number of likely N-dealkylation sites (tertiary alicyclic amines) is 1. The monoisotopic (exact) mass is 281 g/mol. The number of piperidine rings is 1. The number of nitrogens with one attached hydrogen (secondary N) is 1. The number of rotatable bonds is 3. The summed E-state index contributed by atoms with van der Waals surface area (Å²) in [6.07, 6.45) is 2.78. The van der Waals surface area contributed by atoms with Gasteiger partial charge in [0.1, 0.15) is 11.6 Å². The molecule has 2 rings (SSSR count). The number of nitrogens with zero attached hydrogens (tertiary/aromatic N) is 2. The Labute approximate surface area is 121 Å². The highest BCUT2D eigenvalue weighted by Crippen LogP contribution is 2.26. The molecular weight excluding hydrogens is 254 g/mol. The average molecular weight is 281 g/mol. The van der Waals surface area contributed by atoms with Crippen LogP contribution in [0.4, 0.5) is 0 Å². The smallest absolute Gasteiger partial charge is 0.248 e. The molecule has 0 saturated carbocycles. The van der Waals surface area contributed by atoms with E-state index in [9.17, 15) is 9.59 Å². The van der Waals surface area contributed by atoms with Crippen molar-refractivity contribution in [2.45, 2.75) is 64.6 Å². The maximum absolute atomic E-state index is 12.7. The van der Waals surface area contributed by atoms with Crippen molar-refractivity contribution in [2.75, 3.05) is 19.6 Å². The largest absolute Gasteiger partial charge is 0.340 e. The maximum Gasteiger partial charge on any atom is 0.248 e. The SMILES string of the molecule is CCC1C(=O)NC(C)(C)C(=O)N1C1CCCN(CC)C1. The van der Waals surface area contributed by atoms with Crippen LogP contribution >= 0.6 is 0 Å². The fourth-order valence-corrected chi connectivity index (χ4v) is 3.38. The van der Waals surface area contributed by atoms with E-state index in [-0.39, 0.29) is 23.9 Å². The molecule has 0 aromatic carbocycles. The Balaban J connectivity index is 2.24. The summed E-state index contributed by atoms with van der Waals surface area (Å²) >= 11 is 0. The molecule has 2 fully saturated rings. The van der Waals surface area contributed by atoms with Gasteiger partial charge in [-0.15, -0.1) is 0 Å². The molecule has 0 spiro atoms. The molecule has 20 heavy (non-hydrogen) atoms. The first-order valence-corrected chi connectivity index (χ1v) is 7.77. The summed E-state index contributed by atoms with van der Waals surface area (Å²) in [7, 11) is 0. The van der Waals surface area contributed by atoms with Gasteiger partial charge < -0.3 is 15.1 Å². The number of likely N-dealkylation sites (N-methyl/N-ethyl adjacent to an activating group) is 1. The molecular formula is C15H27N3O2. The number of amides is 2. The van der Waals surface area contributed by atoms with Crippen LogP contribution in [0.2, 0.25) is 0 Å². The summed E-state index contributed by atoms with van der Waals surface area (Å²) in [5, 5.41) is 2.86. The van der Waals surface area contributed by atoms with E-state index in [0.717, 1.165) is 32.5 Å². The topological polar surface area (TPSA) is 52.7 Å². The van der Waals surface area contributed by atoms with Crippen molar-refractivity contribution >= 4 is 11.8 Å². The first-order valence-electron chi connectivity index (χ1n) is 7.77. The molecule has 2 amide bonds. The zero-order valence-electron chi connectivity index (χ0n) is 13.1. The van der Waals surface area contributed by atoms with Crippen LogP contribution in [0.5, 0.6) is 0 Å². The molecule has 0 aromatic rings. The molecule has 0 aliphatic carbocycles. The van der Waals surface area contributed by atoms with Crippen LogP contribution < -0.4 is 5.32 Å². The minimum atomic E-state index is -0.781. The van der Waals surface area contributed by atoms with Crippen molar-refractivity contribution in [3.05, 3.63) is 0 Å². The molecule has 114 valence electrons. The lowest BCUT2D eigenvalue weighted by atomic mass is 9.91. The molecule has 5 heteroatoms. The third-order valence-electron chi connectivity index (χ3n) is 4.55. The van der Waals surface area contributed by atoms with Gasteiger partial charge in [-0.25, -0.2) is 0 Å². The van der Waals surface area contributed by atoms with Crippen molar-refractivity contribution in [1.82, 2.24) is 15.1 Å². The third kappa shape index (κ3) is 2.68. The van der Waals surface area contributed by atoms with Gasteiger partial charge in [0.05, 0.1) is 0 Å². The highest BCUT2D eigenvalue weighted by atomic mass is 16.2. The lowest BCUT2D eigenvalue weighted by Crippen LogP contribution is -2.71. The summed E-state index contributed by atoms with van der Waals surface area (Å²) in [5.41, 5.74) is -0.781. The summed E-state index contributed by atoms with van der Waals surface area (Å²) in [4.78, 5) is 29.3. The molecule has 2 saturated heterocycles. The van der Waals surface area contributed by atoms with Crippen molar-refractivity contribution < 1.29 is 9.59 Å². The van der Waals surface area contributed by atoms with Gasteiger partial charge in [0.15, 0.2) is 0 Å². The van der Waals surface area contributed by atoms with Crippen LogP contribution in [-0.4, -0.2) is 58.9 Å². The van der Waals surface area contributed by atoms with E-state index in [1.165, 1.54) is 0 Å². The van der Waals surface area contributed by atoms with Crippen LogP contribution in [-0.2, 0) is 9.59 Å². The fraction of sp³-hybridized carbons (Fsp3) is 0.867. The van der Waals surface area contributed by atoms with Gasteiger partial charge in [0.2, 0.25) is 11.8 Å². The molecule has 2 unspecified atom stereocenters. The first kappa shape index (κ1) is 15.3. The van der Waals surface area contributed by atoms with Crippen LogP contribution in [0.1, 0.15) is 47.0 Å². The van der Waals surface area contributed by atoms with Crippen molar-refractivity contribution in [1.29, 1.82) is 0 Å². The molecule has 0 aromatic heterocycles. The second-order valence-electron chi connectivity index (χ2n) is 6.44. The van der Waals surface area contributed by atoms with Crippen LogP contribution in [0.15, 0.2) is 0 Å². The van der Waals surface area contributed by atoms with E-state index in [2.05, 4.69) is 17.1 Å². The van der Waals surface area contributed by atoms with E-state index in [1.54, 1.807) is 13.8 Å². The van der Waals surface area contributed by atoms with Gasteiger partial charge >= 0.3 is 0 Å². The Kier molecular flexibility index (Phi) is 4.37. The predicted octanol–water partition coefficient (Wildman–Crippen LogP) is 0.986. The van der Waals surface area contributed by atoms with Gasteiger partial charge in [-0.05, 0) is 46.2 Å². The Bertz CT molecular complexity index is 395. The van der Waals surface area contributed by atoms with Gasteiger partial charge in [-0.1, -0.05) is 13.8 Å². The minimum absolute atomic E-state index is 0.00859. The minimum Gasteiger partial charge on any atom is -0.340 e. The number of hydrogen-bond donors (Lipinski definition) is 1. The lowest BCUT2D eigenvalue weighted by molar-refractivity contribution is -0.158. The zero-order valence-corrected chi connectivity index (χ0v) is 13.1. The molecule has 2 aliphatic rings. The predicted molar refractivity (Wildman–Crippen MR) is 78.3 cm³/mol. The summed E-state index contributed by atoms with van der Waals surface area (Å²) in [6, 6.07) is -0.135. The maximum atomic E-state index is 12.7. The van der Waals surface area contributed by atoms with Crippen molar-refractivity contribution in [3.8, 4) is 0 Å². The van der Waals surface area contributed by atoms with Gasteiger partial charge in [-0.2, -0.15) is 0 Å². The molecule has 0 bridgehead atoms. The highest BCUT2D eigenvalue weighted by Gasteiger charge is 2.47. The first-order chi connectivity index (χ1) is 9.40. The van der Waals surface area contributed by atoms with Crippen LogP contribution in [0.3, 0.4) is 0 Å². The fourth-order valence-electron chi connectivity index (χ4n) is 3.38. The van der Waals surface area contributed by atoms with Crippen LogP contribution in [0, 0.1) is 0 Å². The van der Waals surface area contributed by atoms with Crippen LogP contribution in [0.25, 0.3) is 0 Å². The molecule has 5 nitrogen and oxygen atoms in total. The van der Waals surface area contributed by atoms with Gasteiger partial charge in [-0.3, -0.25) is 9.59 Å². The summed E-state index contributed by atoms with van der Waals surface area (Å²) < 4.78 is 0. The average Bonchev–Trinajstić information content (AvgIpc) is 2.42. The van der Waals surface area contributed by atoms with Crippen molar-refractivity contribution in [2.24, 2.45) is 0 Å². The van der Waals surface area contributed by atoms with E-state index in [4.69, 9.17) is 0 Å². The quantitative estimate of drug-likeness (QED) is 0.839. The number of carbonyl (C=O) groups is 2. The molecule has 2 aliphatic heterocycles. The second kappa shape index (κ2) is 5.72. The Hall–Kier alpha value is -1.10. The highest BCUT2D eigenvalue weighted by molar-refractivity contribution is 5.99. The standard InChI is InChI=1S/C15H27N3O2/c1-5-12-13(19)16-15(3,4)14(20)18(12)11-8-7-9-17(6-2)10-11/h11-12H,5-10H2,1-4H3,(H,16,19). The summed E-state index contributed by atoms with van der Waals surface area (Å²) in [5.74, 6) is 0.0534. The summed E-state index contributed by atoms with van der Waals surface area (Å²) in [6.45, 7) is 10.7. The number of carbonyl (C=O) groups excluding carboxylic acids is 2. The molecule has 1 N–H and O–H groups in total. The Morgan fingerprint density at radius 3 is 2.60 bits per heavy atom. The lowest BCUT2D eigenvalue weighted by Gasteiger charge is -2.48. The van der Waals surface area contributed by atoms with E-state index >= 15 is 0 Å². The molecule has 0 radical (unpaired) electrons. The normalized spacial score (nSPS) is 31.3. The second-order valence-corrected chi connectivity index (χ2v) is 6.44. The van der Waals surface area contributed by atoms with E-state index < -0.39 is 5.54 Å². The zero-order chi connectivity index (χ0) is 14.9. The van der Waals surface area contributed by atoms with Crippen molar-refractivity contribution in [3.63, 3.8) is 0 Å². The Morgan fingerprint density at radius 2 is 2.00 bits per heavy atom. The number of piperazine rings is 1. The Morgan fingerprint density at radius 1 is 1.30 bits per heavy atom. The van der Waals surface area contributed by atoms with E-state index in [1.807, 2.05) is 11.8 Å². The van der Waals surface area contributed by atoms with Gasteiger partial charge in [0, 0.05) is 12.6 Å². The number of hydrogen-bond acceptors (Lipinski definition) is 3. The van der Waals surface area contributed by atoms with Gasteiger partial charge in [0.25, 0.3) is 0 Å². The van der Waals surface area contributed by atoms with E-state index in [0.29, 0.717) is 6.42 Å².